The van der Waals surface area contributed by atoms with Crippen LogP contribution in [0.15, 0.2) is 249 Å². The monoisotopic (exact) mass is 887 g/mol. The maximum atomic E-state index is 2.46. The molecule has 0 aliphatic carbocycles. The van der Waals surface area contributed by atoms with Gasteiger partial charge in [-0.25, -0.2) is 0 Å². The molecular weight excluding hydrogens is 847 g/mol. The molecule has 0 amide bonds. The molecule has 13 rings (SSSR count). The molecule has 2 heterocycles. The molecule has 67 heavy (non-hydrogen) atoms. The molecule has 0 saturated heterocycles. The number of anilines is 3. The summed E-state index contributed by atoms with van der Waals surface area (Å²) in [5.74, 6) is 0. The quantitative estimate of drug-likeness (QED) is 0.147. The minimum absolute atomic E-state index is 1.10. The van der Waals surface area contributed by atoms with Crippen LogP contribution >= 0.6 is 22.7 Å². The van der Waals surface area contributed by atoms with E-state index >= 15 is 0 Å². The average molecular weight is 888 g/mol. The van der Waals surface area contributed by atoms with E-state index in [-0.39, 0.29) is 0 Å². The van der Waals surface area contributed by atoms with Crippen LogP contribution in [0.4, 0.5) is 17.1 Å². The fourth-order valence-electron chi connectivity index (χ4n) is 10.2. The van der Waals surface area contributed by atoms with Crippen LogP contribution in [0, 0.1) is 0 Å². The third-order valence-corrected chi connectivity index (χ3v) is 15.7. The van der Waals surface area contributed by atoms with E-state index in [0.717, 1.165) is 17.1 Å². The summed E-state index contributed by atoms with van der Waals surface area (Å²) in [5.41, 5.74) is 15.6. The van der Waals surface area contributed by atoms with E-state index in [0.29, 0.717) is 0 Å². The van der Waals surface area contributed by atoms with Crippen molar-refractivity contribution in [3.8, 4) is 55.6 Å². The average Bonchev–Trinajstić information content (AvgIpc) is 3.99. The predicted molar refractivity (Wildman–Crippen MR) is 292 cm³/mol. The molecule has 0 saturated carbocycles. The van der Waals surface area contributed by atoms with E-state index in [9.17, 15) is 0 Å². The highest BCUT2D eigenvalue weighted by atomic mass is 32.1. The summed E-state index contributed by atoms with van der Waals surface area (Å²) in [6, 6.07) is 91.3. The van der Waals surface area contributed by atoms with Gasteiger partial charge in [0, 0.05) is 51.7 Å². The standard InChI is InChI=1S/C64H41NS2/c1-2-14-45(15-3-1)53-40-41-58(63-57-22-9-11-26-60(57)67-64(53)63)65(48-36-32-43(33-37-48)42-28-30-46(31-29-42)51-23-12-17-44-16-4-5-18-50(44)51)49-38-34-47(35-39-49)52-19-6-7-20-54(52)55-24-13-27-61-62(55)56-21-8-10-25-59(56)66-61/h1-41H. The lowest BCUT2D eigenvalue weighted by molar-refractivity contribution is 1.30. The van der Waals surface area contributed by atoms with Gasteiger partial charge in [-0.05, 0) is 115 Å². The van der Waals surface area contributed by atoms with Crippen molar-refractivity contribution in [3.05, 3.63) is 249 Å². The van der Waals surface area contributed by atoms with Gasteiger partial charge in [0.2, 0.25) is 0 Å². The molecule has 3 heteroatoms. The first-order chi connectivity index (χ1) is 33.2. The molecule has 0 atom stereocenters. The Morgan fingerprint density at radius 1 is 0.254 bits per heavy atom. The molecule has 0 aliphatic heterocycles. The molecule has 0 spiro atoms. The number of nitrogens with zero attached hydrogens (tertiary/aromatic N) is 1. The zero-order valence-electron chi connectivity index (χ0n) is 36.4. The van der Waals surface area contributed by atoms with Crippen LogP contribution < -0.4 is 4.90 Å². The van der Waals surface area contributed by atoms with Gasteiger partial charge in [-0.3, -0.25) is 0 Å². The fourth-order valence-corrected chi connectivity index (χ4v) is 12.5. The highest BCUT2D eigenvalue weighted by Gasteiger charge is 2.22. The maximum Gasteiger partial charge on any atom is 0.0555 e. The van der Waals surface area contributed by atoms with Gasteiger partial charge in [-0.1, -0.05) is 200 Å². The van der Waals surface area contributed by atoms with Crippen LogP contribution in [0.25, 0.3) is 107 Å². The van der Waals surface area contributed by atoms with Crippen LogP contribution in [0.2, 0.25) is 0 Å². The summed E-state index contributed by atoms with van der Waals surface area (Å²) in [6.07, 6.45) is 0. The second-order valence-electron chi connectivity index (χ2n) is 17.2. The van der Waals surface area contributed by atoms with E-state index in [1.165, 1.54) is 107 Å². The van der Waals surface area contributed by atoms with Gasteiger partial charge in [0.05, 0.1) is 5.69 Å². The summed E-state index contributed by atoms with van der Waals surface area (Å²) in [6.45, 7) is 0. The number of thiophene rings is 2. The Bertz CT molecular complexity index is 3950. The molecule has 11 aromatic carbocycles. The zero-order chi connectivity index (χ0) is 44.3. The minimum Gasteiger partial charge on any atom is -0.310 e. The van der Waals surface area contributed by atoms with Gasteiger partial charge in [0.1, 0.15) is 0 Å². The van der Waals surface area contributed by atoms with Gasteiger partial charge in [0.15, 0.2) is 0 Å². The molecule has 0 aliphatic rings. The Morgan fingerprint density at radius 3 is 1.48 bits per heavy atom. The molecule has 0 N–H and O–H groups in total. The van der Waals surface area contributed by atoms with Crippen molar-refractivity contribution in [1.29, 1.82) is 0 Å². The highest BCUT2D eigenvalue weighted by Crippen LogP contribution is 2.49. The van der Waals surface area contributed by atoms with Crippen molar-refractivity contribution in [1.82, 2.24) is 0 Å². The summed E-state index contributed by atoms with van der Waals surface area (Å²) < 4.78 is 5.20. The van der Waals surface area contributed by atoms with Gasteiger partial charge < -0.3 is 4.90 Å². The van der Waals surface area contributed by atoms with Gasteiger partial charge in [-0.15, -0.1) is 22.7 Å². The highest BCUT2D eigenvalue weighted by molar-refractivity contribution is 7.26. The van der Waals surface area contributed by atoms with E-state index in [1.54, 1.807) is 0 Å². The van der Waals surface area contributed by atoms with Gasteiger partial charge in [0.25, 0.3) is 0 Å². The Labute approximate surface area is 397 Å². The number of fused-ring (bicyclic) bond motifs is 7. The Morgan fingerprint density at radius 2 is 0.731 bits per heavy atom. The smallest absolute Gasteiger partial charge is 0.0555 e. The molecule has 0 bridgehead atoms. The van der Waals surface area contributed by atoms with Crippen LogP contribution in [0.5, 0.6) is 0 Å². The number of hydrogen-bond acceptors (Lipinski definition) is 3. The lowest BCUT2D eigenvalue weighted by Crippen LogP contribution is -2.10. The molecule has 0 fully saturated rings. The van der Waals surface area contributed by atoms with Crippen molar-refractivity contribution >= 4 is 90.9 Å². The number of hydrogen-bond donors (Lipinski definition) is 0. The molecule has 314 valence electrons. The lowest BCUT2D eigenvalue weighted by Gasteiger charge is -2.27. The predicted octanol–water partition coefficient (Wildman–Crippen LogP) is 19.4. The van der Waals surface area contributed by atoms with Crippen molar-refractivity contribution in [2.75, 3.05) is 4.90 Å². The van der Waals surface area contributed by atoms with Crippen molar-refractivity contribution in [2.24, 2.45) is 0 Å². The van der Waals surface area contributed by atoms with Crippen molar-refractivity contribution in [2.45, 2.75) is 0 Å². The summed E-state index contributed by atoms with van der Waals surface area (Å²) >= 11 is 3.75. The van der Waals surface area contributed by atoms with Crippen LogP contribution in [0.3, 0.4) is 0 Å². The molecule has 0 unspecified atom stereocenters. The van der Waals surface area contributed by atoms with E-state index < -0.39 is 0 Å². The molecule has 2 aromatic heterocycles. The first kappa shape index (κ1) is 39.3. The minimum atomic E-state index is 1.10. The lowest BCUT2D eigenvalue weighted by atomic mass is 9.92. The Kier molecular flexibility index (Phi) is 9.63. The second-order valence-corrected chi connectivity index (χ2v) is 19.3. The first-order valence-electron chi connectivity index (χ1n) is 22.8. The van der Waals surface area contributed by atoms with Crippen molar-refractivity contribution < 1.29 is 0 Å². The molecular formula is C64H41NS2. The van der Waals surface area contributed by atoms with E-state index in [1.807, 2.05) is 22.7 Å². The summed E-state index contributed by atoms with van der Waals surface area (Å²) in [4.78, 5) is 2.46. The normalized spacial score (nSPS) is 11.6. The van der Waals surface area contributed by atoms with Crippen LogP contribution in [-0.4, -0.2) is 0 Å². The third-order valence-electron chi connectivity index (χ3n) is 13.3. The first-order valence-corrected chi connectivity index (χ1v) is 24.5. The van der Waals surface area contributed by atoms with E-state index in [2.05, 4.69) is 254 Å². The Hall–Kier alpha value is -8.08. The Balaban J connectivity index is 0.936. The fraction of sp³-hybridized carbons (Fsp3) is 0. The molecule has 0 radical (unpaired) electrons. The van der Waals surface area contributed by atoms with Crippen LogP contribution in [-0.2, 0) is 0 Å². The van der Waals surface area contributed by atoms with Crippen molar-refractivity contribution in [3.63, 3.8) is 0 Å². The summed E-state index contributed by atoms with van der Waals surface area (Å²) in [7, 11) is 0. The number of benzene rings is 11. The SMILES string of the molecule is c1ccc(-c2ccc(N(c3ccc(-c4ccc(-c5cccc6ccccc56)cc4)cc3)c3ccc(-c4ccccc4-c4cccc5sc6ccccc6c45)cc3)c3c2sc2ccccc23)cc1. The second kappa shape index (κ2) is 16.4. The van der Waals surface area contributed by atoms with Gasteiger partial charge in [-0.2, -0.15) is 0 Å². The van der Waals surface area contributed by atoms with Crippen LogP contribution in [0.1, 0.15) is 0 Å². The molecule has 1 nitrogen and oxygen atoms in total. The topological polar surface area (TPSA) is 3.24 Å². The maximum absolute atomic E-state index is 2.46. The summed E-state index contributed by atoms with van der Waals surface area (Å²) in [5, 5.41) is 7.70. The number of rotatable bonds is 8. The molecule has 13 aromatic rings. The zero-order valence-corrected chi connectivity index (χ0v) is 38.1. The third kappa shape index (κ3) is 6.82. The van der Waals surface area contributed by atoms with E-state index in [4.69, 9.17) is 0 Å². The van der Waals surface area contributed by atoms with Gasteiger partial charge >= 0.3 is 0 Å². The largest absolute Gasteiger partial charge is 0.310 e.